The maximum absolute atomic E-state index is 13.5. The molecule has 0 spiro atoms. The summed E-state index contributed by atoms with van der Waals surface area (Å²) < 4.78 is 13.5. The summed E-state index contributed by atoms with van der Waals surface area (Å²) in [6, 6.07) is 6.26. The van der Waals surface area contributed by atoms with E-state index < -0.39 is 0 Å². The Hall–Kier alpha value is -2.17. The van der Waals surface area contributed by atoms with Crippen molar-refractivity contribution in [3.8, 4) is 0 Å². The van der Waals surface area contributed by atoms with Gasteiger partial charge in [0, 0.05) is 24.7 Å². The Labute approximate surface area is 116 Å². The molecular weight excluding hydrogens is 257 g/mol. The molecule has 1 aliphatic rings. The number of piperazine rings is 1. The molecule has 1 fully saturated rings. The van der Waals surface area contributed by atoms with Crippen LogP contribution in [0.5, 0.6) is 0 Å². The highest BCUT2D eigenvalue weighted by Gasteiger charge is 2.29. The number of aromatic nitrogens is 1. The van der Waals surface area contributed by atoms with Crippen LogP contribution >= 0.6 is 0 Å². The van der Waals surface area contributed by atoms with Crippen LogP contribution in [-0.2, 0) is 4.79 Å². The van der Waals surface area contributed by atoms with E-state index in [1.807, 2.05) is 17.9 Å². The lowest BCUT2D eigenvalue weighted by molar-refractivity contribution is -0.123. The number of carbonyl (C=O) groups is 1. The third-order valence-electron chi connectivity index (χ3n) is 3.70. The third kappa shape index (κ3) is 2.09. The predicted molar refractivity (Wildman–Crippen MR) is 76.1 cm³/mol. The van der Waals surface area contributed by atoms with Gasteiger partial charge in [-0.15, -0.1) is 0 Å². The summed E-state index contributed by atoms with van der Waals surface area (Å²) in [6.45, 7) is 3.24. The van der Waals surface area contributed by atoms with Crippen LogP contribution in [0.2, 0.25) is 0 Å². The predicted octanol–water partition coefficient (Wildman–Crippen LogP) is 2.09. The van der Waals surface area contributed by atoms with Crippen LogP contribution in [0, 0.1) is 5.82 Å². The molecule has 0 radical (unpaired) electrons. The maximum Gasteiger partial charge on any atom is 0.242 e. The Morgan fingerprint density at radius 3 is 3.10 bits per heavy atom. The number of fused-ring (bicyclic) bond motifs is 1. The molecule has 1 aromatic heterocycles. The van der Waals surface area contributed by atoms with Crippen molar-refractivity contribution in [3.63, 3.8) is 0 Å². The summed E-state index contributed by atoms with van der Waals surface area (Å²) in [7, 11) is 0. The van der Waals surface area contributed by atoms with E-state index in [0.29, 0.717) is 25.3 Å². The lowest BCUT2D eigenvalue weighted by Crippen LogP contribution is -2.55. The van der Waals surface area contributed by atoms with Gasteiger partial charge in [0.2, 0.25) is 5.91 Å². The lowest BCUT2D eigenvalue weighted by atomic mass is 10.1. The van der Waals surface area contributed by atoms with Gasteiger partial charge in [-0.05, 0) is 30.0 Å². The number of amides is 1. The van der Waals surface area contributed by atoms with Gasteiger partial charge in [-0.1, -0.05) is 13.0 Å². The zero-order valence-electron chi connectivity index (χ0n) is 11.3. The first-order valence-electron chi connectivity index (χ1n) is 6.79. The molecule has 1 amide bonds. The smallest absolute Gasteiger partial charge is 0.242 e. The number of anilines is 1. The average Bonchev–Trinajstić information content (AvgIpc) is 2.46. The fourth-order valence-electron chi connectivity index (χ4n) is 2.73. The van der Waals surface area contributed by atoms with E-state index in [2.05, 4.69) is 10.3 Å². The molecule has 1 unspecified atom stereocenters. The normalized spacial score (nSPS) is 19.2. The van der Waals surface area contributed by atoms with Gasteiger partial charge in [0.25, 0.3) is 0 Å². The number of rotatable bonds is 2. The molecule has 104 valence electrons. The maximum atomic E-state index is 13.5. The Morgan fingerprint density at radius 1 is 1.45 bits per heavy atom. The Balaban J connectivity index is 2.13. The zero-order valence-corrected chi connectivity index (χ0v) is 11.3. The summed E-state index contributed by atoms with van der Waals surface area (Å²) in [5.74, 6) is 0.402. The monoisotopic (exact) mass is 273 g/mol. The largest absolute Gasteiger partial charge is 0.353 e. The minimum absolute atomic E-state index is 0.00829. The summed E-state index contributed by atoms with van der Waals surface area (Å²) >= 11 is 0. The van der Waals surface area contributed by atoms with E-state index in [-0.39, 0.29) is 17.8 Å². The molecule has 1 atom stereocenters. The van der Waals surface area contributed by atoms with Crippen molar-refractivity contribution < 1.29 is 9.18 Å². The van der Waals surface area contributed by atoms with Crippen molar-refractivity contribution in [1.29, 1.82) is 0 Å². The zero-order chi connectivity index (χ0) is 14.1. The minimum Gasteiger partial charge on any atom is -0.353 e. The Bertz CT molecular complexity index is 659. The molecule has 0 bridgehead atoms. The van der Waals surface area contributed by atoms with Gasteiger partial charge in [0.1, 0.15) is 17.7 Å². The van der Waals surface area contributed by atoms with Crippen LogP contribution in [0.15, 0.2) is 30.5 Å². The summed E-state index contributed by atoms with van der Waals surface area (Å²) in [4.78, 5) is 18.3. The van der Waals surface area contributed by atoms with E-state index in [0.717, 1.165) is 10.8 Å². The van der Waals surface area contributed by atoms with E-state index >= 15 is 0 Å². The molecule has 1 N–H and O–H groups in total. The fourth-order valence-corrected chi connectivity index (χ4v) is 2.73. The number of nitrogens with one attached hydrogen (secondary N) is 1. The highest BCUT2D eigenvalue weighted by molar-refractivity contribution is 5.95. The van der Waals surface area contributed by atoms with Gasteiger partial charge in [-0.2, -0.15) is 0 Å². The second-order valence-electron chi connectivity index (χ2n) is 4.91. The topological polar surface area (TPSA) is 45.2 Å². The number of hydrogen-bond donors (Lipinski definition) is 1. The Morgan fingerprint density at radius 2 is 2.30 bits per heavy atom. The summed E-state index contributed by atoms with van der Waals surface area (Å²) in [5, 5.41) is 4.54. The molecule has 2 aromatic rings. The van der Waals surface area contributed by atoms with Crippen molar-refractivity contribution in [2.45, 2.75) is 19.4 Å². The highest BCUT2D eigenvalue weighted by atomic mass is 19.1. The highest BCUT2D eigenvalue weighted by Crippen LogP contribution is 2.28. The number of hydrogen-bond acceptors (Lipinski definition) is 3. The van der Waals surface area contributed by atoms with Crippen molar-refractivity contribution in [1.82, 2.24) is 10.3 Å². The molecule has 3 rings (SSSR count). The van der Waals surface area contributed by atoms with Crippen molar-refractivity contribution >= 4 is 22.5 Å². The standard InChI is InChI=1S/C15H16FN3O/c1-2-13-15(20)18-7-8-19(13)14-12-9-11(16)4-3-10(12)5-6-17-14/h3-6,9,13H,2,7-8H2,1H3,(H,18,20). The van der Waals surface area contributed by atoms with E-state index in [9.17, 15) is 9.18 Å². The number of benzene rings is 1. The van der Waals surface area contributed by atoms with Gasteiger partial charge in [0.15, 0.2) is 0 Å². The molecule has 0 saturated carbocycles. The molecule has 2 heterocycles. The van der Waals surface area contributed by atoms with Crippen LogP contribution in [0.3, 0.4) is 0 Å². The first-order valence-corrected chi connectivity index (χ1v) is 6.79. The van der Waals surface area contributed by atoms with Crippen LogP contribution in [0.25, 0.3) is 10.8 Å². The van der Waals surface area contributed by atoms with Crippen LogP contribution in [-0.4, -0.2) is 30.0 Å². The SMILES string of the molecule is CCC1C(=O)NCCN1c1nccc2ccc(F)cc12. The lowest BCUT2D eigenvalue weighted by Gasteiger charge is -2.36. The molecule has 5 heteroatoms. The summed E-state index contributed by atoms with van der Waals surface area (Å²) in [6.07, 6.45) is 2.40. The molecule has 0 aliphatic carbocycles. The van der Waals surface area contributed by atoms with Gasteiger partial charge in [-0.3, -0.25) is 4.79 Å². The average molecular weight is 273 g/mol. The first kappa shape index (κ1) is 12.8. The first-order chi connectivity index (χ1) is 9.70. The molecule has 1 aliphatic heterocycles. The fraction of sp³-hybridized carbons (Fsp3) is 0.333. The van der Waals surface area contributed by atoms with Crippen LogP contribution in [0.4, 0.5) is 10.2 Å². The van der Waals surface area contributed by atoms with E-state index in [1.165, 1.54) is 12.1 Å². The van der Waals surface area contributed by atoms with E-state index in [4.69, 9.17) is 0 Å². The van der Waals surface area contributed by atoms with Gasteiger partial charge >= 0.3 is 0 Å². The summed E-state index contributed by atoms with van der Waals surface area (Å²) in [5.41, 5.74) is 0. The second kappa shape index (κ2) is 5.07. The van der Waals surface area contributed by atoms with Crippen molar-refractivity contribution in [3.05, 3.63) is 36.3 Å². The molecule has 1 aromatic carbocycles. The number of nitrogens with zero attached hydrogens (tertiary/aromatic N) is 2. The molecule has 4 nitrogen and oxygen atoms in total. The number of halogens is 1. The van der Waals surface area contributed by atoms with Crippen molar-refractivity contribution in [2.24, 2.45) is 0 Å². The number of carbonyl (C=O) groups excluding carboxylic acids is 1. The van der Waals surface area contributed by atoms with Crippen LogP contribution in [0.1, 0.15) is 13.3 Å². The van der Waals surface area contributed by atoms with E-state index in [1.54, 1.807) is 12.3 Å². The van der Waals surface area contributed by atoms with Gasteiger partial charge in [0.05, 0.1) is 0 Å². The molecule has 1 saturated heterocycles. The van der Waals surface area contributed by atoms with Crippen molar-refractivity contribution in [2.75, 3.05) is 18.0 Å². The van der Waals surface area contributed by atoms with Gasteiger partial charge in [-0.25, -0.2) is 9.37 Å². The second-order valence-corrected chi connectivity index (χ2v) is 4.91. The molecule has 20 heavy (non-hydrogen) atoms. The van der Waals surface area contributed by atoms with Gasteiger partial charge < -0.3 is 10.2 Å². The quantitative estimate of drug-likeness (QED) is 0.911. The van der Waals surface area contributed by atoms with Crippen LogP contribution < -0.4 is 10.2 Å². The molecular formula is C15H16FN3O. The number of pyridine rings is 1. The Kier molecular flexibility index (Phi) is 3.26. The third-order valence-corrected chi connectivity index (χ3v) is 3.70. The minimum atomic E-state index is -0.291.